The van der Waals surface area contributed by atoms with Gasteiger partial charge in [-0.25, -0.2) is 4.98 Å². The molecule has 1 aromatic heterocycles. The lowest BCUT2D eigenvalue weighted by atomic mass is 10.1. The van der Waals surface area contributed by atoms with Crippen LogP contribution in [0.2, 0.25) is 5.15 Å². The van der Waals surface area contributed by atoms with E-state index in [-0.39, 0.29) is 5.54 Å². The molecule has 1 rings (SSSR count). The lowest BCUT2D eigenvalue weighted by Crippen LogP contribution is -2.43. The molecule has 4 nitrogen and oxygen atoms in total. The second-order valence-corrected chi connectivity index (χ2v) is 4.96. The van der Waals surface area contributed by atoms with Crippen LogP contribution in [0.3, 0.4) is 0 Å². The molecule has 0 aliphatic heterocycles. The van der Waals surface area contributed by atoms with Gasteiger partial charge >= 0.3 is 0 Å². The molecule has 0 fully saturated rings. The topological polar surface area (TPSA) is 38.2 Å². The van der Waals surface area contributed by atoms with Crippen LogP contribution in [0, 0.1) is 6.92 Å². The van der Waals surface area contributed by atoms with Crippen LogP contribution >= 0.6 is 11.6 Å². The summed E-state index contributed by atoms with van der Waals surface area (Å²) in [4.78, 5) is 10.2. The lowest BCUT2D eigenvalue weighted by molar-refractivity contribution is 0.111. The second-order valence-electron chi connectivity index (χ2n) is 4.57. The molecular formula is C11H18ClN3O. The van der Waals surface area contributed by atoms with Gasteiger partial charge < -0.3 is 9.64 Å². The van der Waals surface area contributed by atoms with Crippen molar-refractivity contribution < 1.29 is 4.74 Å². The van der Waals surface area contributed by atoms with Gasteiger partial charge in [-0.1, -0.05) is 11.6 Å². The number of hydrogen-bond acceptors (Lipinski definition) is 4. The molecule has 0 aliphatic carbocycles. The maximum atomic E-state index is 5.82. The predicted molar refractivity (Wildman–Crippen MR) is 65.0 cm³/mol. The fraction of sp³-hybridized carbons (Fsp3) is 0.636. The molecule has 1 aromatic rings. The zero-order valence-electron chi connectivity index (χ0n) is 10.4. The Labute approximate surface area is 102 Å². The standard InChI is InChI=1S/C11H18ClN3O/c1-8-13-9(12)6-10(14-8)16-7-11(2,3)15(4)5/h6H,7H2,1-5H3. The maximum absolute atomic E-state index is 5.82. The van der Waals surface area contributed by atoms with Gasteiger partial charge in [0.15, 0.2) is 0 Å². The van der Waals surface area contributed by atoms with Crippen molar-refractivity contribution in [1.82, 2.24) is 14.9 Å². The molecule has 0 saturated heterocycles. The van der Waals surface area contributed by atoms with E-state index < -0.39 is 0 Å². The number of ether oxygens (including phenoxy) is 1. The first-order chi connectivity index (χ1) is 7.31. The third kappa shape index (κ3) is 3.61. The third-order valence-electron chi connectivity index (χ3n) is 2.57. The van der Waals surface area contributed by atoms with Crippen molar-refractivity contribution in [2.45, 2.75) is 26.3 Å². The van der Waals surface area contributed by atoms with Gasteiger partial charge in [-0.05, 0) is 34.9 Å². The third-order valence-corrected chi connectivity index (χ3v) is 2.76. The fourth-order valence-corrected chi connectivity index (χ4v) is 1.17. The van der Waals surface area contributed by atoms with E-state index >= 15 is 0 Å². The molecule has 90 valence electrons. The van der Waals surface area contributed by atoms with Gasteiger partial charge in [-0.3, -0.25) is 0 Å². The zero-order chi connectivity index (χ0) is 12.3. The molecule has 0 unspecified atom stereocenters. The van der Waals surface area contributed by atoms with Crippen LogP contribution in [0.4, 0.5) is 0 Å². The average molecular weight is 244 g/mol. The average Bonchev–Trinajstić information content (AvgIpc) is 2.13. The van der Waals surface area contributed by atoms with Crippen molar-refractivity contribution in [2.24, 2.45) is 0 Å². The smallest absolute Gasteiger partial charge is 0.218 e. The van der Waals surface area contributed by atoms with E-state index in [1.807, 2.05) is 14.1 Å². The minimum atomic E-state index is -0.0503. The van der Waals surface area contributed by atoms with Crippen LogP contribution in [0.1, 0.15) is 19.7 Å². The van der Waals surface area contributed by atoms with Crippen LogP contribution in [0.15, 0.2) is 6.07 Å². The summed E-state index contributed by atoms with van der Waals surface area (Å²) in [5.74, 6) is 1.14. The van der Waals surface area contributed by atoms with Crippen molar-refractivity contribution >= 4 is 11.6 Å². The fourth-order valence-electron chi connectivity index (χ4n) is 0.959. The maximum Gasteiger partial charge on any atom is 0.218 e. The number of nitrogens with zero attached hydrogens (tertiary/aromatic N) is 3. The van der Waals surface area contributed by atoms with E-state index in [2.05, 4.69) is 28.7 Å². The first-order valence-electron chi connectivity index (χ1n) is 5.13. The summed E-state index contributed by atoms with van der Waals surface area (Å²) < 4.78 is 5.62. The summed E-state index contributed by atoms with van der Waals surface area (Å²) in [5.41, 5.74) is -0.0503. The molecule has 5 heteroatoms. The van der Waals surface area contributed by atoms with Gasteiger partial charge in [0.2, 0.25) is 5.88 Å². The summed E-state index contributed by atoms with van der Waals surface area (Å²) in [6, 6.07) is 1.63. The Morgan fingerprint density at radius 2 is 2.00 bits per heavy atom. The van der Waals surface area contributed by atoms with E-state index in [0.717, 1.165) is 0 Å². The van der Waals surface area contributed by atoms with E-state index in [4.69, 9.17) is 16.3 Å². The van der Waals surface area contributed by atoms with E-state index in [9.17, 15) is 0 Å². The first kappa shape index (κ1) is 13.2. The molecule has 0 aromatic carbocycles. The van der Waals surface area contributed by atoms with Crippen LogP contribution in [-0.2, 0) is 0 Å². The molecule has 0 amide bonds. The van der Waals surface area contributed by atoms with Crippen molar-refractivity contribution in [3.05, 3.63) is 17.0 Å². The van der Waals surface area contributed by atoms with Gasteiger partial charge in [-0.15, -0.1) is 0 Å². The SMILES string of the molecule is Cc1nc(Cl)cc(OCC(C)(C)N(C)C)n1. The number of likely N-dealkylation sites (N-methyl/N-ethyl adjacent to an activating group) is 1. The number of aromatic nitrogens is 2. The Morgan fingerprint density at radius 1 is 1.38 bits per heavy atom. The highest BCUT2D eigenvalue weighted by molar-refractivity contribution is 6.29. The Hall–Kier alpha value is -0.870. The second kappa shape index (κ2) is 4.97. The summed E-state index contributed by atoms with van der Waals surface area (Å²) in [7, 11) is 4.03. The number of hydrogen-bond donors (Lipinski definition) is 0. The van der Waals surface area contributed by atoms with Crippen molar-refractivity contribution in [2.75, 3.05) is 20.7 Å². The van der Waals surface area contributed by atoms with Crippen molar-refractivity contribution in [3.8, 4) is 5.88 Å². The Kier molecular flexibility index (Phi) is 4.10. The molecule has 0 bridgehead atoms. The zero-order valence-corrected chi connectivity index (χ0v) is 11.2. The molecule has 0 radical (unpaired) electrons. The summed E-state index contributed by atoms with van der Waals surface area (Å²) >= 11 is 5.82. The largest absolute Gasteiger partial charge is 0.476 e. The van der Waals surface area contributed by atoms with Crippen LogP contribution in [0.5, 0.6) is 5.88 Å². The number of halogens is 1. The van der Waals surface area contributed by atoms with Gasteiger partial charge in [-0.2, -0.15) is 4.98 Å². The molecule has 0 aliphatic rings. The monoisotopic (exact) mass is 243 g/mol. The van der Waals surface area contributed by atoms with Crippen molar-refractivity contribution in [1.29, 1.82) is 0 Å². The van der Waals surface area contributed by atoms with E-state index in [0.29, 0.717) is 23.5 Å². The van der Waals surface area contributed by atoms with E-state index in [1.165, 1.54) is 0 Å². The summed E-state index contributed by atoms with van der Waals surface area (Å²) in [6.45, 7) is 6.54. The molecule has 0 saturated carbocycles. The quantitative estimate of drug-likeness (QED) is 0.760. The highest BCUT2D eigenvalue weighted by Crippen LogP contribution is 2.16. The van der Waals surface area contributed by atoms with Gasteiger partial charge in [0.1, 0.15) is 17.6 Å². The summed E-state index contributed by atoms with van der Waals surface area (Å²) in [5, 5.41) is 0.408. The number of rotatable bonds is 4. The van der Waals surface area contributed by atoms with Crippen LogP contribution in [-0.4, -0.2) is 41.1 Å². The van der Waals surface area contributed by atoms with Gasteiger partial charge in [0.25, 0.3) is 0 Å². The molecule has 16 heavy (non-hydrogen) atoms. The predicted octanol–water partition coefficient (Wildman–Crippen LogP) is 2.16. The Balaban J connectivity index is 2.68. The van der Waals surface area contributed by atoms with Crippen LogP contribution < -0.4 is 4.74 Å². The molecular weight excluding hydrogens is 226 g/mol. The minimum absolute atomic E-state index is 0.0503. The van der Waals surface area contributed by atoms with Gasteiger partial charge in [0, 0.05) is 11.6 Å². The highest BCUT2D eigenvalue weighted by atomic mass is 35.5. The van der Waals surface area contributed by atoms with E-state index in [1.54, 1.807) is 13.0 Å². The van der Waals surface area contributed by atoms with Gasteiger partial charge in [0.05, 0.1) is 0 Å². The Morgan fingerprint density at radius 3 is 2.50 bits per heavy atom. The first-order valence-corrected chi connectivity index (χ1v) is 5.50. The number of aryl methyl sites for hydroxylation is 1. The molecule has 0 N–H and O–H groups in total. The highest BCUT2D eigenvalue weighted by Gasteiger charge is 2.21. The molecule has 0 atom stereocenters. The normalized spacial score (nSPS) is 11.9. The Bertz CT molecular complexity index is 346. The minimum Gasteiger partial charge on any atom is -0.476 e. The molecule has 1 heterocycles. The lowest BCUT2D eigenvalue weighted by Gasteiger charge is -2.31. The molecule has 0 spiro atoms. The summed E-state index contributed by atoms with van der Waals surface area (Å²) in [6.07, 6.45) is 0. The van der Waals surface area contributed by atoms with Crippen LogP contribution in [0.25, 0.3) is 0 Å². The van der Waals surface area contributed by atoms with Crippen molar-refractivity contribution in [3.63, 3.8) is 0 Å².